The summed E-state index contributed by atoms with van der Waals surface area (Å²) in [5.74, 6) is -0.830. The number of esters is 3. The second-order valence-corrected chi connectivity index (χ2v) is 21.0. The van der Waals surface area contributed by atoms with E-state index >= 15 is 0 Å². The van der Waals surface area contributed by atoms with Crippen molar-refractivity contribution in [2.75, 3.05) is 13.2 Å². The van der Waals surface area contributed by atoms with Gasteiger partial charge in [-0.15, -0.1) is 0 Å². The standard InChI is InChI=1S/C61H118O6/c1-4-7-10-13-16-19-22-25-27-29-30-31-32-33-35-36-39-42-45-48-51-54-60(63)66-57-58(56-65-59(62)53-50-47-44-41-38-24-21-18-15-12-9-6-3)67-61(64)55-52-49-46-43-40-37-34-28-26-23-20-17-14-11-8-5-2/h58H,4-57H2,1-3H3. The predicted octanol–water partition coefficient (Wildman–Crippen LogP) is 20.3. The van der Waals surface area contributed by atoms with E-state index in [1.165, 1.54) is 257 Å². The first-order valence-corrected chi connectivity index (χ1v) is 30.5. The third kappa shape index (κ3) is 55.2. The van der Waals surface area contributed by atoms with Gasteiger partial charge >= 0.3 is 17.9 Å². The molecule has 0 radical (unpaired) electrons. The number of unbranched alkanes of at least 4 members (excludes halogenated alkanes) is 46. The minimum Gasteiger partial charge on any atom is -0.462 e. The lowest BCUT2D eigenvalue weighted by Crippen LogP contribution is -2.30. The van der Waals surface area contributed by atoms with Crippen molar-refractivity contribution in [3.63, 3.8) is 0 Å². The Labute approximate surface area is 418 Å². The van der Waals surface area contributed by atoms with Crippen molar-refractivity contribution >= 4 is 17.9 Å². The van der Waals surface area contributed by atoms with Crippen molar-refractivity contribution in [3.05, 3.63) is 0 Å². The van der Waals surface area contributed by atoms with Gasteiger partial charge in [0.1, 0.15) is 13.2 Å². The summed E-state index contributed by atoms with van der Waals surface area (Å²) >= 11 is 0. The van der Waals surface area contributed by atoms with Crippen LogP contribution >= 0.6 is 0 Å². The van der Waals surface area contributed by atoms with Crippen LogP contribution in [-0.2, 0) is 28.6 Å². The summed E-state index contributed by atoms with van der Waals surface area (Å²) in [6.45, 7) is 6.71. The molecule has 398 valence electrons. The average molecular weight is 948 g/mol. The second kappa shape index (κ2) is 57.0. The zero-order chi connectivity index (χ0) is 48.6. The van der Waals surface area contributed by atoms with Gasteiger partial charge in [-0.1, -0.05) is 316 Å². The Bertz CT molecular complexity index is 998. The molecule has 0 fully saturated rings. The third-order valence-electron chi connectivity index (χ3n) is 14.1. The van der Waals surface area contributed by atoms with E-state index in [2.05, 4.69) is 20.8 Å². The first kappa shape index (κ1) is 65.4. The van der Waals surface area contributed by atoms with Crippen LogP contribution in [0.25, 0.3) is 0 Å². The zero-order valence-corrected chi connectivity index (χ0v) is 45.7. The fourth-order valence-electron chi connectivity index (χ4n) is 9.51. The monoisotopic (exact) mass is 947 g/mol. The largest absolute Gasteiger partial charge is 0.462 e. The molecule has 0 aromatic carbocycles. The van der Waals surface area contributed by atoms with Gasteiger partial charge in [0.2, 0.25) is 0 Å². The molecule has 0 aromatic rings. The summed E-state index contributed by atoms with van der Waals surface area (Å²) in [5, 5.41) is 0. The zero-order valence-electron chi connectivity index (χ0n) is 45.7. The quantitative estimate of drug-likeness (QED) is 0.0343. The topological polar surface area (TPSA) is 78.9 Å². The highest BCUT2D eigenvalue weighted by atomic mass is 16.6. The lowest BCUT2D eigenvalue weighted by molar-refractivity contribution is -0.167. The van der Waals surface area contributed by atoms with Crippen molar-refractivity contribution in [2.45, 2.75) is 361 Å². The number of hydrogen-bond donors (Lipinski definition) is 0. The van der Waals surface area contributed by atoms with E-state index in [1.54, 1.807) is 0 Å². The van der Waals surface area contributed by atoms with Gasteiger partial charge in [0.25, 0.3) is 0 Å². The Balaban J connectivity index is 4.22. The van der Waals surface area contributed by atoms with Crippen molar-refractivity contribution in [1.29, 1.82) is 0 Å². The average Bonchev–Trinajstić information content (AvgIpc) is 3.33. The fraction of sp³-hybridized carbons (Fsp3) is 0.951. The number of carbonyl (C=O) groups excluding carboxylic acids is 3. The molecule has 0 aliphatic carbocycles. The molecule has 1 atom stereocenters. The van der Waals surface area contributed by atoms with Crippen LogP contribution in [0.15, 0.2) is 0 Å². The van der Waals surface area contributed by atoms with Gasteiger partial charge in [0, 0.05) is 19.3 Å². The molecule has 0 rings (SSSR count). The molecule has 1 unspecified atom stereocenters. The molecule has 6 heteroatoms. The molecule has 67 heavy (non-hydrogen) atoms. The molecule has 0 aliphatic heterocycles. The highest BCUT2D eigenvalue weighted by molar-refractivity contribution is 5.71. The molecule has 0 N–H and O–H groups in total. The molecule has 0 saturated heterocycles. The number of carbonyl (C=O) groups is 3. The first-order chi connectivity index (χ1) is 33.0. The van der Waals surface area contributed by atoms with Crippen LogP contribution in [0.4, 0.5) is 0 Å². The molecule has 0 amide bonds. The van der Waals surface area contributed by atoms with E-state index in [1.807, 2.05) is 0 Å². The summed E-state index contributed by atoms with van der Waals surface area (Å²) in [4.78, 5) is 38.2. The van der Waals surface area contributed by atoms with Crippen molar-refractivity contribution in [3.8, 4) is 0 Å². The van der Waals surface area contributed by atoms with Crippen LogP contribution in [0.5, 0.6) is 0 Å². The summed E-state index contributed by atoms with van der Waals surface area (Å²) in [5.41, 5.74) is 0. The smallest absolute Gasteiger partial charge is 0.306 e. The lowest BCUT2D eigenvalue weighted by Gasteiger charge is -2.18. The van der Waals surface area contributed by atoms with Crippen molar-refractivity contribution in [2.24, 2.45) is 0 Å². The van der Waals surface area contributed by atoms with E-state index in [0.717, 1.165) is 57.8 Å². The number of ether oxygens (including phenoxy) is 3. The Kier molecular flexibility index (Phi) is 55.6. The minimum atomic E-state index is -0.761. The van der Waals surface area contributed by atoms with E-state index in [0.29, 0.717) is 19.3 Å². The minimum absolute atomic E-state index is 0.0608. The summed E-state index contributed by atoms with van der Waals surface area (Å²) < 4.78 is 16.9. The Morgan fingerprint density at radius 3 is 0.597 bits per heavy atom. The van der Waals surface area contributed by atoms with Crippen LogP contribution in [0.3, 0.4) is 0 Å². The summed E-state index contributed by atoms with van der Waals surface area (Å²) in [7, 11) is 0. The number of hydrogen-bond acceptors (Lipinski definition) is 6. The molecule has 0 heterocycles. The maximum absolute atomic E-state index is 12.9. The predicted molar refractivity (Wildman–Crippen MR) is 289 cm³/mol. The van der Waals surface area contributed by atoms with E-state index < -0.39 is 6.10 Å². The highest BCUT2D eigenvalue weighted by Crippen LogP contribution is 2.18. The van der Waals surface area contributed by atoms with Crippen LogP contribution in [-0.4, -0.2) is 37.2 Å². The molecule has 0 spiro atoms. The highest BCUT2D eigenvalue weighted by Gasteiger charge is 2.19. The third-order valence-corrected chi connectivity index (χ3v) is 14.1. The van der Waals surface area contributed by atoms with Crippen LogP contribution < -0.4 is 0 Å². The molecular formula is C61H118O6. The second-order valence-electron chi connectivity index (χ2n) is 21.0. The summed E-state index contributed by atoms with van der Waals surface area (Å²) in [6, 6.07) is 0. The maximum atomic E-state index is 12.9. The molecule has 6 nitrogen and oxygen atoms in total. The molecule has 0 aliphatic rings. The Morgan fingerprint density at radius 2 is 0.403 bits per heavy atom. The fourth-order valence-corrected chi connectivity index (χ4v) is 9.51. The van der Waals surface area contributed by atoms with E-state index in [-0.39, 0.29) is 31.1 Å². The van der Waals surface area contributed by atoms with E-state index in [9.17, 15) is 14.4 Å². The van der Waals surface area contributed by atoms with E-state index in [4.69, 9.17) is 14.2 Å². The molecule has 0 bridgehead atoms. The SMILES string of the molecule is CCCCCCCCCCCCCCCCCCCCCCCC(=O)OCC(COC(=O)CCCCCCCCCCCCCC)OC(=O)CCCCCCCCCCCCCCCCCC. The lowest BCUT2D eigenvalue weighted by atomic mass is 10.0. The maximum Gasteiger partial charge on any atom is 0.306 e. The van der Waals surface area contributed by atoms with Gasteiger partial charge < -0.3 is 14.2 Å². The van der Waals surface area contributed by atoms with Gasteiger partial charge in [-0.2, -0.15) is 0 Å². The molecule has 0 aromatic heterocycles. The van der Waals surface area contributed by atoms with Crippen LogP contribution in [0.1, 0.15) is 355 Å². The van der Waals surface area contributed by atoms with Gasteiger partial charge in [-0.05, 0) is 19.3 Å². The Hall–Kier alpha value is -1.59. The Morgan fingerprint density at radius 1 is 0.239 bits per heavy atom. The van der Waals surface area contributed by atoms with Gasteiger partial charge in [-0.25, -0.2) is 0 Å². The van der Waals surface area contributed by atoms with Gasteiger partial charge in [-0.3, -0.25) is 14.4 Å². The first-order valence-electron chi connectivity index (χ1n) is 30.5. The molecular weight excluding hydrogens is 829 g/mol. The van der Waals surface area contributed by atoms with Crippen LogP contribution in [0.2, 0.25) is 0 Å². The van der Waals surface area contributed by atoms with Gasteiger partial charge in [0.05, 0.1) is 0 Å². The summed E-state index contributed by atoms with van der Waals surface area (Å²) in [6.07, 6.45) is 63.9. The van der Waals surface area contributed by atoms with Crippen molar-refractivity contribution < 1.29 is 28.6 Å². The van der Waals surface area contributed by atoms with Crippen molar-refractivity contribution in [1.82, 2.24) is 0 Å². The van der Waals surface area contributed by atoms with Gasteiger partial charge in [0.15, 0.2) is 6.10 Å². The normalized spacial score (nSPS) is 11.9. The number of rotatable bonds is 57. The van der Waals surface area contributed by atoms with Crippen LogP contribution in [0, 0.1) is 0 Å². The molecule has 0 saturated carbocycles.